The summed E-state index contributed by atoms with van der Waals surface area (Å²) in [6, 6.07) is 7.77. The van der Waals surface area contributed by atoms with Crippen LogP contribution < -0.4 is 10.6 Å². The second-order valence-electron chi connectivity index (χ2n) is 5.43. The molecule has 1 fully saturated rings. The highest BCUT2D eigenvalue weighted by molar-refractivity contribution is 7.78. The zero-order chi connectivity index (χ0) is 13.7. The molecule has 0 aliphatic carbocycles. The summed E-state index contributed by atoms with van der Waals surface area (Å²) in [6.07, 6.45) is 2.28. The van der Waals surface area contributed by atoms with Gasteiger partial charge < -0.3 is 15.2 Å². The van der Waals surface area contributed by atoms with Crippen molar-refractivity contribution in [2.75, 3.05) is 13.1 Å². The smallest absolute Gasteiger partial charge is 0.0353 e. The number of hydrogen-bond donors (Lipinski definition) is 2. The molecule has 0 aromatic heterocycles. The molecule has 19 heavy (non-hydrogen) atoms. The van der Waals surface area contributed by atoms with Crippen molar-refractivity contribution in [3.05, 3.63) is 35.4 Å². The molecule has 5 heteroatoms. The van der Waals surface area contributed by atoms with E-state index in [1.807, 2.05) is 24.3 Å². The maximum absolute atomic E-state index is 10.6. The van der Waals surface area contributed by atoms with E-state index in [9.17, 15) is 8.76 Å². The minimum absolute atomic E-state index is 0.0943. The Morgan fingerprint density at radius 1 is 1.26 bits per heavy atom. The molecule has 106 valence electrons. The number of benzene rings is 1. The maximum Gasteiger partial charge on any atom is 0.0353 e. The summed E-state index contributed by atoms with van der Waals surface area (Å²) in [5.74, 6) is 0.0943. The van der Waals surface area contributed by atoms with Crippen molar-refractivity contribution >= 4 is 11.1 Å². The lowest BCUT2D eigenvalue weighted by atomic mass is 9.90. The van der Waals surface area contributed by atoms with Gasteiger partial charge in [0.15, 0.2) is 0 Å². The van der Waals surface area contributed by atoms with E-state index in [2.05, 4.69) is 17.6 Å². The van der Waals surface area contributed by atoms with E-state index in [0.717, 1.165) is 38.0 Å². The van der Waals surface area contributed by atoms with Gasteiger partial charge in [-0.3, -0.25) is 4.21 Å². The first-order valence-corrected chi connectivity index (χ1v) is 7.91. The van der Waals surface area contributed by atoms with E-state index in [1.54, 1.807) is 0 Å². The molecule has 0 saturated carbocycles. The first-order valence-electron chi connectivity index (χ1n) is 6.67. The highest BCUT2D eigenvalue weighted by atomic mass is 32.2. The normalized spacial score (nSPS) is 20.1. The van der Waals surface area contributed by atoms with Gasteiger partial charge in [0.25, 0.3) is 0 Å². The third-order valence-corrected chi connectivity index (χ3v) is 4.30. The molecule has 1 aliphatic heterocycles. The molecule has 1 heterocycles. The van der Waals surface area contributed by atoms with Crippen molar-refractivity contribution < 1.29 is 8.76 Å². The fourth-order valence-corrected chi connectivity index (χ4v) is 2.82. The van der Waals surface area contributed by atoms with Gasteiger partial charge in [0.2, 0.25) is 0 Å². The Bertz CT molecular complexity index is 428. The molecule has 2 N–H and O–H groups in total. The quantitative estimate of drug-likeness (QED) is 0.799. The molecule has 1 atom stereocenters. The molecular weight excluding hydrogens is 260 g/mol. The molecule has 2 rings (SSSR count). The summed E-state index contributed by atoms with van der Waals surface area (Å²) >= 11 is -2.01. The second-order valence-corrected chi connectivity index (χ2v) is 6.32. The highest BCUT2D eigenvalue weighted by Crippen LogP contribution is 2.18. The third-order valence-electron chi connectivity index (χ3n) is 3.73. The fraction of sp³-hybridized carbons (Fsp3) is 0.571. The summed E-state index contributed by atoms with van der Waals surface area (Å²) in [5.41, 5.74) is 2.24. The lowest BCUT2D eigenvalue weighted by molar-refractivity contribution is 0.265. The van der Waals surface area contributed by atoms with Crippen LogP contribution in [0.1, 0.15) is 30.9 Å². The van der Waals surface area contributed by atoms with Crippen LogP contribution in [-0.2, 0) is 23.4 Å². The standard InChI is InChI=1S/C14H22N2O2S/c1-14(6-8-15-9-7-14)16-10-12-2-4-13(5-3-12)11-19(17)18/h2-5,15-16H,6-11H2,1H3,(H,17,18)/p-1. The monoisotopic (exact) mass is 281 g/mol. The average Bonchev–Trinajstić information content (AvgIpc) is 2.38. The summed E-state index contributed by atoms with van der Waals surface area (Å²) in [7, 11) is 0. The lowest BCUT2D eigenvalue weighted by Crippen LogP contribution is -2.49. The Kier molecular flexibility index (Phi) is 5.10. The van der Waals surface area contributed by atoms with Gasteiger partial charge in [0, 0.05) is 17.8 Å². The molecule has 1 aromatic carbocycles. The molecule has 0 radical (unpaired) electrons. The van der Waals surface area contributed by atoms with Crippen molar-refractivity contribution in [2.45, 2.75) is 37.6 Å². The number of nitrogens with one attached hydrogen (secondary N) is 2. The minimum atomic E-state index is -2.01. The van der Waals surface area contributed by atoms with Crippen molar-refractivity contribution in [3.63, 3.8) is 0 Å². The number of rotatable bonds is 5. The van der Waals surface area contributed by atoms with E-state index in [4.69, 9.17) is 0 Å². The largest absolute Gasteiger partial charge is 0.772 e. The predicted octanol–water partition coefficient (Wildman–Crippen LogP) is 1.30. The fourth-order valence-electron chi connectivity index (χ4n) is 2.36. The Morgan fingerprint density at radius 2 is 1.84 bits per heavy atom. The maximum atomic E-state index is 10.6. The van der Waals surface area contributed by atoms with Crippen LogP contribution in [0.5, 0.6) is 0 Å². The summed E-state index contributed by atoms with van der Waals surface area (Å²) in [6.45, 7) is 5.23. The molecular formula is C14H21N2O2S-. The van der Waals surface area contributed by atoms with Gasteiger partial charge in [-0.25, -0.2) is 0 Å². The van der Waals surface area contributed by atoms with E-state index in [0.29, 0.717) is 0 Å². The topological polar surface area (TPSA) is 64.2 Å². The van der Waals surface area contributed by atoms with Gasteiger partial charge in [-0.2, -0.15) is 0 Å². The van der Waals surface area contributed by atoms with Gasteiger partial charge in [0.1, 0.15) is 0 Å². The van der Waals surface area contributed by atoms with Crippen LogP contribution in [0.3, 0.4) is 0 Å². The van der Waals surface area contributed by atoms with Crippen LogP contribution in [0, 0.1) is 0 Å². The van der Waals surface area contributed by atoms with Crippen molar-refractivity contribution in [2.24, 2.45) is 0 Å². The second kappa shape index (κ2) is 6.61. The van der Waals surface area contributed by atoms with Crippen molar-refractivity contribution in [1.29, 1.82) is 0 Å². The molecule has 0 spiro atoms. The van der Waals surface area contributed by atoms with Crippen LogP contribution in [0.15, 0.2) is 24.3 Å². The van der Waals surface area contributed by atoms with E-state index in [1.165, 1.54) is 5.56 Å². The predicted molar refractivity (Wildman–Crippen MR) is 76.4 cm³/mol. The van der Waals surface area contributed by atoms with Crippen LogP contribution in [0.4, 0.5) is 0 Å². The summed E-state index contributed by atoms with van der Waals surface area (Å²) < 4.78 is 21.2. The highest BCUT2D eigenvalue weighted by Gasteiger charge is 2.25. The van der Waals surface area contributed by atoms with Gasteiger partial charge >= 0.3 is 0 Å². The van der Waals surface area contributed by atoms with Crippen LogP contribution >= 0.6 is 0 Å². The Labute approximate surface area is 117 Å². The van der Waals surface area contributed by atoms with Gasteiger partial charge in [-0.15, -0.1) is 0 Å². The molecule has 1 aliphatic rings. The third kappa shape index (κ3) is 4.69. The SMILES string of the molecule is CC1(NCc2ccc(CS(=O)[O-])cc2)CCNCC1. The first kappa shape index (κ1) is 14.7. The van der Waals surface area contributed by atoms with Gasteiger partial charge in [-0.05, 0) is 44.0 Å². The van der Waals surface area contributed by atoms with E-state index >= 15 is 0 Å². The van der Waals surface area contributed by atoms with E-state index in [-0.39, 0.29) is 11.3 Å². The summed E-state index contributed by atoms with van der Waals surface area (Å²) in [5, 5.41) is 6.98. The van der Waals surface area contributed by atoms with Gasteiger partial charge in [-0.1, -0.05) is 35.3 Å². The number of piperidine rings is 1. The molecule has 1 unspecified atom stereocenters. The van der Waals surface area contributed by atoms with Crippen molar-refractivity contribution in [1.82, 2.24) is 10.6 Å². The van der Waals surface area contributed by atoms with Crippen LogP contribution in [0.2, 0.25) is 0 Å². The van der Waals surface area contributed by atoms with Gasteiger partial charge in [0.05, 0.1) is 0 Å². The Morgan fingerprint density at radius 3 is 2.42 bits per heavy atom. The Hall–Kier alpha value is -0.750. The zero-order valence-electron chi connectivity index (χ0n) is 11.3. The lowest BCUT2D eigenvalue weighted by Gasteiger charge is -2.35. The van der Waals surface area contributed by atoms with Crippen LogP contribution in [-0.4, -0.2) is 27.4 Å². The average molecular weight is 281 g/mol. The molecule has 0 bridgehead atoms. The molecule has 1 saturated heterocycles. The minimum Gasteiger partial charge on any atom is -0.772 e. The van der Waals surface area contributed by atoms with Crippen LogP contribution in [0.25, 0.3) is 0 Å². The molecule has 0 amide bonds. The number of hydrogen-bond acceptors (Lipinski definition) is 4. The molecule has 4 nitrogen and oxygen atoms in total. The zero-order valence-corrected chi connectivity index (χ0v) is 12.1. The van der Waals surface area contributed by atoms with Crippen molar-refractivity contribution in [3.8, 4) is 0 Å². The molecule has 1 aromatic rings. The Balaban J connectivity index is 1.87. The summed E-state index contributed by atoms with van der Waals surface area (Å²) in [4.78, 5) is 0. The first-order chi connectivity index (χ1) is 9.07. The van der Waals surface area contributed by atoms with E-state index < -0.39 is 11.1 Å².